The summed E-state index contributed by atoms with van der Waals surface area (Å²) in [7, 11) is 3.62. The van der Waals surface area contributed by atoms with Gasteiger partial charge < -0.3 is 34.7 Å². The largest absolute Gasteiger partial charge is 0.493 e. The number of hydrogen-bond donors (Lipinski definition) is 2. The molecule has 2 aliphatic heterocycles. The second kappa shape index (κ2) is 9.97. The van der Waals surface area contributed by atoms with Gasteiger partial charge in [-0.3, -0.25) is 4.79 Å². The Morgan fingerprint density at radius 1 is 1.23 bits per heavy atom. The Kier molecular flexibility index (Phi) is 6.95. The Balaban J connectivity index is 0.00000308. The second-order valence-corrected chi connectivity index (χ2v) is 10.5. The number of aliphatic hydroxyl groups is 1. The molecule has 39 heavy (non-hydrogen) atoms. The zero-order chi connectivity index (χ0) is 26.7. The monoisotopic (exact) mass is 536 g/mol. The first-order valence-corrected chi connectivity index (χ1v) is 13.0. The number of methoxy groups -OCH3 is 1. The molecule has 9 heteroatoms. The highest BCUT2D eigenvalue weighted by Gasteiger charge is 2.72. The van der Waals surface area contributed by atoms with Crippen LogP contribution in [-0.2, 0) is 30.9 Å². The van der Waals surface area contributed by atoms with Crippen LogP contribution in [0.4, 0.5) is 0 Å². The van der Waals surface area contributed by atoms with Gasteiger partial charge in [0.1, 0.15) is 5.76 Å². The van der Waals surface area contributed by atoms with Crippen LogP contribution in [0.25, 0.3) is 0 Å². The molecule has 2 aromatic rings. The summed E-state index contributed by atoms with van der Waals surface area (Å²) >= 11 is 0. The maximum absolute atomic E-state index is 13.6. The van der Waals surface area contributed by atoms with E-state index in [0.717, 1.165) is 17.7 Å². The minimum Gasteiger partial charge on any atom is -0.493 e. The maximum atomic E-state index is 13.6. The van der Waals surface area contributed by atoms with Crippen LogP contribution in [0.3, 0.4) is 0 Å². The van der Waals surface area contributed by atoms with E-state index in [1.165, 1.54) is 0 Å². The molecule has 5 atom stereocenters. The molecule has 2 aromatic carbocycles. The van der Waals surface area contributed by atoms with E-state index in [9.17, 15) is 14.7 Å². The molecule has 1 fully saturated rings. The Hall–Kier alpha value is -3.40. The first-order valence-electron chi connectivity index (χ1n) is 13.0. The number of carbonyl (C=O) groups is 2. The van der Waals surface area contributed by atoms with Crippen LogP contribution in [0.2, 0.25) is 0 Å². The Morgan fingerprint density at radius 2 is 2.00 bits per heavy atom. The number of rotatable bonds is 7. The molecule has 6 rings (SSSR count). The van der Waals surface area contributed by atoms with Gasteiger partial charge in [-0.15, -0.1) is 0 Å². The summed E-state index contributed by atoms with van der Waals surface area (Å²) in [5.74, 6) is 0.157. The van der Waals surface area contributed by atoms with Gasteiger partial charge in [-0.25, -0.2) is 4.79 Å². The SMILES string of the molecule is C.COc1ccc2c3c1O[C@H]1C(OC(=O)[C@H](OC(=O)CCN)c4ccccc4)=CC[C@@]4(O)[C@@H](C2)N(C)CC[C@]314. The molecule has 0 unspecified atom stereocenters. The summed E-state index contributed by atoms with van der Waals surface area (Å²) in [4.78, 5) is 28.1. The summed E-state index contributed by atoms with van der Waals surface area (Å²) in [5.41, 5.74) is 6.14. The van der Waals surface area contributed by atoms with Crippen molar-refractivity contribution < 1.29 is 33.6 Å². The van der Waals surface area contributed by atoms with Gasteiger partial charge in [0.05, 0.1) is 24.5 Å². The molecule has 1 spiro atoms. The van der Waals surface area contributed by atoms with E-state index < -0.39 is 35.2 Å². The molecule has 2 bridgehead atoms. The van der Waals surface area contributed by atoms with Crippen LogP contribution < -0.4 is 15.2 Å². The molecule has 4 aliphatic rings. The van der Waals surface area contributed by atoms with E-state index in [-0.39, 0.29) is 26.4 Å². The van der Waals surface area contributed by atoms with E-state index in [0.29, 0.717) is 42.1 Å². The predicted octanol–water partition coefficient (Wildman–Crippen LogP) is 2.79. The average Bonchev–Trinajstić information content (AvgIpc) is 3.27. The van der Waals surface area contributed by atoms with Crippen molar-refractivity contribution in [2.75, 3.05) is 27.2 Å². The molecule has 3 N–H and O–H groups in total. The molecule has 0 aromatic heterocycles. The molecule has 2 aliphatic carbocycles. The van der Waals surface area contributed by atoms with Crippen molar-refractivity contribution in [2.45, 2.75) is 62.4 Å². The molecule has 0 radical (unpaired) electrons. The first kappa shape index (κ1) is 27.2. The highest BCUT2D eigenvalue weighted by molar-refractivity contribution is 5.82. The third-order valence-electron chi connectivity index (χ3n) is 8.69. The number of piperidine rings is 1. The summed E-state index contributed by atoms with van der Waals surface area (Å²) in [5, 5.41) is 12.3. The van der Waals surface area contributed by atoms with Gasteiger partial charge in [0.15, 0.2) is 17.6 Å². The van der Waals surface area contributed by atoms with Crippen molar-refractivity contribution in [1.82, 2.24) is 4.90 Å². The van der Waals surface area contributed by atoms with E-state index in [2.05, 4.69) is 4.90 Å². The van der Waals surface area contributed by atoms with Gasteiger partial charge in [0, 0.05) is 30.1 Å². The molecular weight excluding hydrogens is 500 g/mol. The Labute approximate surface area is 228 Å². The van der Waals surface area contributed by atoms with Gasteiger partial charge in [0.2, 0.25) is 6.10 Å². The quantitative estimate of drug-likeness (QED) is 0.515. The van der Waals surface area contributed by atoms with Gasteiger partial charge >= 0.3 is 11.9 Å². The first-order chi connectivity index (χ1) is 18.3. The fraction of sp³-hybridized carbons (Fsp3) is 0.467. The summed E-state index contributed by atoms with van der Waals surface area (Å²) in [6.45, 7) is 0.864. The molecule has 0 amide bonds. The fourth-order valence-corrected chi connectivity index (χ4v) is 6.95. The summed E-state index contributed by atoms with van der Waals surface area (Å²) in [6, 6.07) is 12.6. The zero-order valence-electron chi connectivity index (χ0n) is 21.5. The topological polar surface area (TPSA) is 121 Å². The predicted molar refractivity (Wildman–Crippen MR) is 143 cm³/mol. The van der Waals surface area contributed by atoms with Crippen LogP contribution in [0.5, 0.6) is 11.5 Å². The number of hydrogen-bond acceptors (Lipinski definition) is 9. The summed E-state index contributed by atoms with van der Waals surface area (Å²) < 4.78 is 23.7. The number of nitrogens with two attached hydrogens (primary N) is 1. The van der Waals surface area contributed by atoms with Crippen molar-refractivity contribution in [3.63, 3.8) is 0 Å². The lowest BCUT2D eigenvalue weighted by atomic mass is 9.50. The molecule has 0 saturated carbocycles. The number of carbonyl (C=O) groups excluding carboxylic acids is 2. The van der Waals surface area contributed by atoms with Crippen LogP contribution in [0, 0.1) is 0 Å². The Morgan fingerprint density at radius 3 is 2.72 bits per heavy atom. The number of esters is 2. The van der Waals surface area contributed by atoms with Crippen molar-refractivity contribution in [3.05, 3.63) is 71.0 Å². The van der Waals surface area contributed by atoms with E-state index in [4.69, 9.17) is 24.7 Å². The average molecular weight is 537 g/mol. The third-order valence-corrected chi connectivity index (χ3v) is 8.69. The number of benzene rings is 2. The fourth-order valence-electron chi connectivity index (χ4n) is 6.95. The van der Waals surface area contributed by atoms with Crippen molar-refractivity contribution >= 4 is 11.9 Å². The molecular formula is C30H36N2O7. The highest BCUT2D eigenvalue weighted by atomic mass is 16.6. The molecule has 9 nitrogen and oxygen atoms in total. The van der Waals surface area contributed by atoms with Crippen molar-refractivity contribution in [3.8, 4) is 11.5 Å². The number of likely N-dealkylation sites (tertiary alicyclic amines) is 1. The number of ether oxygens (including phenoxy) is 4. The van der Waals surface area contributed by atoms with Crippen molar-refractivity contribution in [1.29, 1.82) is 0 Å². The standard InChI is InChI=1S/C29H32N2O7.CH4/c1-31-15-13-28-23-18-8-9-19(35-2)25(23)38-26(28)20(10-12-29(28,34)21(31)16-18)36-27(33)24(37-22(32)11-14-30)17-6-4-3-5-7-17;/h3-10,21,24,26,34H,11-16,30H2,1-2H3;1H4/t21-,24-,26+,28+,29-;/m1./s1. The number of nitrogens with zero attached hydrogens (tertiary/aromatic N) is 1. The van der Waals surface area contributed by atoms with Crippen LogP contribution in [0.15, 0.2) is 54.3 Å². The van der Waals surface area contributed by atoms with Crippen LogP contribution in [0.1, 0.15) is 49.5 Å². The normalized spacial score (nSPS) is 28.7. The van der Waals surface area contributed by atoms with Gasteiger partial charge in [0.25, 0.3) is 0 Å². The van der Waals surface area contributed by atoms with Gasteiger partial charge in [-0.05, 0) is 44.1 Å². The zero-order valence-corrected chi connectivity index (χ0v) is 21.5. The van der Waals surface area contributed by atoms with Crippen LogP contribution >= 0.6 is 0 Å². The Bertz CT molecular complexity index is 1310. The molecule has 2 heterocycles. The van der Waals surface area contributed by atoms with E-state index in [1.54, 1.807) is 37.5 Å². The summed E-state index contributed by atoms with van der Waals surface area (Å²) in [6.07, 6.45) is 1.34. The van der Waals surface area contributed by atoms with Gasteiger partial charge in [-0.1, -0.05) is 43.8 Å². The number of likely N-dealkylation sites (N-methyl/N-ethyl adjacent to an activating group) is 1. The lowest BCUT2D eigenvalue weighted by Gasteiger charge is -2.61. The van der Waals surface area contributed by atoms with Crippen LogP contribution in [-0.4, -0.2) is 66.9 Å². The smallest absolute Gasteiger partial charge is 0.357 e. The second-order valence-electron chi connectivity index (χ2n) is 10.5. The minimum atomic E-state index is -1.26. The third kappa shape index (κ3) is 3.86. The van der Waals surface area contributed by atoms with E-state index in [1.807, 2.05) is 25.2 Å². The van der Waals surface area contributed by atoms with Crippen molar-refractivity contribution in [2.24, 2.45) is 5.73 Å². The highest BCUT2D eigenvalue weighted by Crippen LogP contribution is 2.65. The minimum absolute atomic E-state index is 0. The molecule has 1 saturated heterocycles. The molecule has 208 valence electrons. The lowest BCUT2D eigenvalue weighted by molar-refractivity contribution is -0.176. The maximum Gasteiger partial charge on any atom is 0.357 e. The van der Waals surface area contributed by atoms with Gasteiger partial charge in [-0.2, -0.15) is 0 Å². The lowest BCUT2D eigenvalue weighted by Crippen LogP contribution is -2.74. The van der Waals surface area contributed by atoms with E-state index >= 15 is 0 Å².